The third-order valence-corrected chi connectivity index (χ3v) is 5.40. The first-order valence-corrected chi connectivity index (χ1v) is 9.23. The van der Waals surface area contributed by atoms with Crippen LogP contribution in [-0.2, 0) is 13.1 Å². The van der Waals surface area contributed by atoms with Crippen LogP contribution in [0.1, 0.15) is 5.56 Å². The minimum absolute atomic E-state index is 0.565. The van der Waals surface area contributed by atoms with Gasteiger partial charge in [0, 0.05) is 0 Å². The molecule has 0 saturated heterocycles. The van der Waals surface area contributed by atoms with Gasteiger partial charge in [-0.15, -0.1) is 0 Å². The predicted molar refractivity (Wildman–Crippen MR) is 86.8 cm³/mol. The molecule has 0 unspecified atom stereocenters. The summed E-state index contributed by atoms with van der Waals surface area (Å²) in [6.45, 7) is 2.04. The molecule has 0 aliphatic rings. The molecule has 21 heavy (non-hydrogen) atoms. The van der Waals surface area contributed by atoms with Gasteiger partial charge >= 0.3 is 132 Å². The van der Waals surface area contributed by atoms with Gasteiger partial charge in [-0.25, -0.2) is 0 Å². The van der Waals surface area contributed by atoms with Crippen molar-refractivity contribution in [2.45, 2.75) is 18.4 Å². The second kappa shape index (κ2) is 7.26. The summed E-state index contributed by atoms with van der Waals surface area (Å²) in [4.78, 5) is 0. The normalized spacial score (nSPS) is 10.7. The zero-order valence-electron chi connectivity index (χ0n) is 11.9. The number of hydrogen-bond acceptors (Lipinski definition) is 0. The monoisotopic (exact) mass is 343 g/mol. The second-order valence-electron chi connectivity index (χ2n) is 4.97. The molecule has 0 amide bonds. The summed E-state index contributed by atoms with van der Waals surface area (Å²) in [5.41, 5.74) is 1.34. The number of aromatic nitrogens is 2. The quantitative estimate of drug-likeness (QED) is 0.480. The maximum atomic E-state index is 2.29. The zero-order chi connectivity index (χ0) is 14.3. The first-order chi connectivity index (χ1) is 10.4. The molecule has 2 nitrogen and oxygen atoms in total. The van der Waals surface area contributed by atoms with E-state index < -0.39 is 0 Å². The van der Waals surface area contributed by atoms with Crippen molar-refractivity contribution in [1.29, 1.82) is 0 Å². The van der Waals surface area contributed by atoms with E-state index in [0.717, 1.165) is 13.1 Å². The van der Waals surface area contributed by atoms with Gasteiger partial charge in [-0.2, -0.15) is 0 Å². The van der Waals surface area contributed by atoms with E-state index in [4.69, 9.17) is 0 Å². The topological polar surface area (TPSA) is 8.81 Å². The number of hydrogen-bond donors (Lipinski definition) is 0. The Bertz CT molecular complexity index is 662. The van der Waals surface area contributed by atoms with Crippen molar-refractivity contribution in [3.05, 3.63) is 84.9 Å². The van der Waals surface area contributed by atoms with Crippen LogP contribution in [0.25, 0.3) is 0 Å². The van der Waals surface area contributed by atoms with Crippen molar-refractivity contribution >= 4 is 19.4 Å². The van der Waals surface area contributed by atoms with Crippen LogP contribution in [-0.4, -0.2) is 19.5 Å². The molecule has 0 bridgehead atoms. The van der Waals surface area contributed by atoms with E-state index >= 15 is 0 Å². The number of imidazole rings is 1. The van der Waals surface area contributed by atoms with Crippen LogP contribution in [0.3, 0.4) is 0 Å². The summed E-state index contributed by atoms with van der Waals surface area (Å²) in [5, 5.41) is 1.23. The molecule has 0 N–H and O–H groups in total. The number of rotatable bonds is 6. The molecule has 0 fully saturated rings. The third-order valence-electron chi connectivity index (χ3n) is 3.32. The molecule has 0 saturated carbocycles. The van der Waals surface area contributed by atoms with Gasteiger partial charge in [0.1, 0.15) is 0 Å². The maximum absolute atomic E-state index is 2.29. The fourth-order valence-electron chi connectivity index (χ4n) is 2.24. The fourth-order valence-corrected chi connectivity index (χ4v) is 4.11. The number of nitrogens with zero attached hydrogens (tertiary/aromatic N) is 2. The van der Waals surface area contributed by atoms with Crippen molar-refractivity contribution in [3.8, 4) is 0 Å². The Morgan fingerprint density at radius 3 is 2.38 bits per heavy atom. The predicted octanol–water partition coefficient (Wildman–Crippen LogP) is 2.27. The Labute approximate surface area is 132 Å². The van der Waals surface area contributed by atoms with Gasteiger partial charge in [0.05, 0.1) is 0 Å². The molecule has 3 heteroatoms. The first kappa shape index (κ1) is 14.1. The van der Waals surface area contributed by atoms with Gasteiger partial charge in [-0.3, -0.25) is 0 Å². The van der Waals surface area contributed by atoms with Crippen LogP contribution in [0.2, 0.25) is 5.32 Å². The second-order valence-corrected chi connectivity index (χ2v) is 7.42. The van der Waals surface area contributed by atoms with Crippen molar-refractivity contribution in [2.24, 2.45) is 0 Å². The first-order valence-electron chi connectivity index (χ1n) is 7.17. The van der Waals surface area contributed by atoms with Gasteiger partial charge in [-0.1, -0.05) is 0 Å². The summed E-state index contributed by atoms with van der Waals surface area (Å²) in [7, 11) is 0. The van der Waals surface area contributed by atoms with Crippen molar-refractivity contribution in [1.82, 2.24) is 4.57 Å². The summed E-state index contributed by atoms with van der Waals surface area (Å²) in [6, 6.07) is 21.4. The van der Waals surface area contributed by atoms with E-state index in [2.05, 4.69) is 88.5 Å². The molecule has 1 aromatic heterocycles. The molecule has 3 aromatic rings. The van der Waals surface area contributed by atoms with Crippen molar-refractivity contribution in [2.75, 3.05) is 0 Å². The summed E-state index contributed by atoms with van der Waals surface area (Å²) in [5.74, 6) is 0. The Balaban J connectivity index is 1.51. The van der Waals surface area contributed by atoms with Gasteiger partial charge in [-0.05, 0) is 0 Å². The van der Waals surface area contributed by atoms with Crippen LogP contribution in [0.4, 0.5) is 0 Å². The van der Waals surface area contributed by atoms with E-state index in [9.17, 15) is 0 Å². The summed E-state index contributed by atoms with van der Waals surface area (Å²) in [6.07, 6.45) is 6.53. The fraction of sp³-hybridized carbons (Fsp3) is 0.167. The number of benzene rings is 2. The molecule has 0 aliphatic carbocycles. The molecule has 0 radical (unpaired) electrons. The van der Waals surface area contributed by atoms with Gasteiger partial charge in [0.25, 0.3) is 0 Å². The summed E-state index contributed by atoms with van der Waals surface area (Å²) >= 11 is 0.565. The molecule has 2 aromatic carbocycles. The molecular formula is C18H19N2Se+. The van der Waals surface area contributed by atoms with E-state index in [1.165, 1.54) is 15.3 Å². The average molecular weight is 342 g/mol. The van der Waals surface area contributed by atoms with E-state index in [1.807, 2.05) is 0 Å². The van der Waals surface area contributed by atoms with Gasteiger partial charge in [0.15, 0.2) is 0 Å². The number of aryl methyl sites for hydroxylation is 1. The Hall–Kier alpha value is -1.83. The Morgan fingerprint density at radius 1 is 0.905 bits per heavy atom. The SMILES string of the molecule is c1ccc(C[n+]2ccn(CC[Se]c3ccccc3)c2)cc1. The van der Waals surface area contributed by atoms with E-state index in [1.54, 1.807) is 0 Å². The zero-order valence-corrected chi connectivity index (χ0v) is 13.6. The Kier molecular flexibility index (Phi) is 4.88. The van der Waals surface area contributed by atoms with Crippen molar-refractivity contribution < 1.29 is 4.57 Å². The average Bonchev–Trinajstić information content (AvgIpc) is 2.97. The molecule has 3 rings (SSSR count). The van der Waals surface area contributed by atoms with Crippen LogP contribution in [0.15, 0.2) is 79.4 Å². The molecule has 1 heterocycles. The van der Waals surface area contributed by atoms with Gasteiger partial charge in [0.2, 0.25) is 0 Å². The molecule has 0 atom stereocenters. The Morgan fingerprint density at radius 2 is 1.62 bits per heavy atom. The molecule has 0 aliphatic heterocycles. The van der Waals surface area contributed by atoms with Crippen LogP contribution >= 0.6 is 0 Å². The minimum atomic E-state index is 0.565. The van der Waals surface area contributed by atoms with E-state index in [0.29, 0.717) is 15.0 Å². The van der Waals surface area contributed by atoms with Crippen LogP contribution in [0.5, 0.6) is 0 Å². The third kappa shape index (κ3) is 4.32. The van der Waals surface area contributed by atoms with E-state index in [-0.39, 0.29) is 0 Å². The summed E-state index contributed by atoms with van der Waals surface area (Å²) < 4.78 is 6.01. The van der Waals surface area contributed by atoms with Crippen molar-refractivity contribution in [3.63, 3.8) is 0 Å². The standard InChI is InChI=1S/C18H19N2Se/c1-3-7-17(8-4-1)15-20-12-11-19(16-20)13-14-21-18-9-5-2-6-10-18/h1-12,16H,13-15H2/q+1. The molecule has 106 valence electrons. The molecule has 0 spiro atoms. The van der Waals surface area contributed by atoms with Gasteiger partial charge < -0.3 is 0 Å². The van der Waals surface area contributed by atoms with Crippen LogP contribution in [0, 0.1) is 0 Å². The molecular weight excluding hydrogens is 323 g/mol. The van der Waals surface area contributed by atoms with Crippen LogP contribution < -0.4 is 9.03 Å².